The number of phenolic OH excluding ortho intramolecular Hbond substituents is 2. The lowest BCUT2D eigenvalue weighted by molar-refractivity contribution is 0.0696. The molecular weight excluding hydrogens is 388 g/mol. The Labute approximate surface area is 172 Å². The SMILES string of the molecule is CCNC(=O)c1nnc(-c2cc(C(C)C)c(O)cc2O)n1-c1ccc(C(=O)O)cc1. The van der Waals surface area contributed by atoms with Crippen molar-refractivity contribution < 1.29 is 24.9 Å². The van der Waals surface area contributed by atoms with Crippen LogP contribution in [-0.2, 0) is 0 Å². The second-order valence-electron chi connectivity index (χ2n) is 6.98. The molecule has 4 N–H and O–H groups in total. The maximum atomic E-state index is 12.5. The third kappa shape index (κ3) is 3.82. The number of aromatic nitrogens is 3. The third-order valence-corrected chi connectivity index (χ3v) is 4.58. The number of carboxylic acids is 1. The molecule has 0 aliphatic heterocycles. The number of amides is 1. The highest BCUT2D eigenvalue weighted by molar-refractivity contribution is 5.92. The minimum Gasteiger partial charge on any atom is -0.508 e. The average molecular weight is 410 g/mol. The van der Waals surface area contributed by atoms with Gasteiger partial charge < -0.3 is 20.6 Å². The zero-order chi connectivity index (χ0) is 22.0. The smallest absolute Gasteiger partial charge is 0.335 e. The first-order valence-corrected chi connectivity index (χ1v) is 9.38. The highest BCUT2D eigenvalue weighted by Gasteiger charge is 2.24. The molecule has 2 aromatic carbocycles. The lowest BCUT2D eigenvalue weighted by Gasteiger charge is -2.14. The first-order valence-electron chi connectivity index (χ1n) is 9.38. The molecule has 1 amide bonds. The van der Waals surface area contributed by atoms with Crippen LogP contribution in [0.2, 0.25) is 0 Å². The van der Waals surface area contributed by atoms with E-state index < -0.39 is 11.9 Å². The summed E-state index contributed by atoms with van der Waals surface area (Å²) in [7, 11) is 0. The van der Waals surface area contributed by atoms with E-state index in [2.05, 4.69) is 15.5 Å². The molecule has 0 unspecified atom stereocenters. The molecule has 3 rings (SSSR count). The van der Waals surface area contributed by atoms with Gasteiger partial charge in [-0.15, -0.1) is 10.2 Å². The number of carboxylic acid groups (broad SMARTS) is 1. The number of rotatable bonds is 6. The molecule has 0 saturated carbocycles. The molecule has 0 aliphatic rings. The number of phenols is 2. The number of nitrogens with zero attached hydrogens (tertiary/aromatic N) is 3. The lowest BCUT2D eigenvalue weighted by atomic mass is 9.98. The van der Waals surface area contributed by atoms with Gasteiger partial charge in [0, 0.05) is 18.3 Å². The second-order valence-corrected chi connectivity index (χ2v) is 6.98. The summed E-state index contributed by atoms with van der Waals surface area (Å²) in [5, 5.41) is 40.5. The second kappa shape index (κ2) is 8.24. The number of benzene rings is 2. The van der Waals surface area contributed by atoms with Crippen molar-refractivity contribution in [2.45, 2.75) is 26.7 Å². The zero-order valence-electron chi connectivity index (χ0n) is 16.7. The zero-order valence-corrected chi connectivity index (χ0v) is 16.7. The quantitative estimate of drug-likeness (QED) is 0.490. The van der Waals surface area contributed by atoms with Crippen molar-refractivity contribution in [2.24, 2.45) is 0 Å². The standard InChI is InChI=1S/C21H22N4O5/c1-4-22-20(28)19-24-23-18(15-9-14(11(2)3)16(26)10-17(15)27)25(19)13-7-5-12(6-8-13)21(29)30/h5-11,26-27H,4H2,1-3H3,(H,22,28)(H,29,30). The van der Waals surface area contributed by atoms with Gasteiger partial charge in [-0.05, 0) is 48.7 Å². The van der Waals surface area contributed by atoms with Gasteiger partial charge >= 0.3 is 5.97 Å². The summed E-state index contributed by atoms with van der Waals surface area (Å²) in [6.45, 7) is 5.93. The Morgan fingerprint density at radius 3 is 2.30 bits per heavy atom. The number of nitrogens with one attached hydrogen (secondary N) is 1. The van der Waals surface area contributed by atoms with Gasteiger partial charge in [0.15, 0.2) is 5.82 Å². The Morgan fingerprint density at radius 1 is 1.07 bits per heavy atom. The van der Waals surface area contributed by atoms with E-state index in [0.717, 1.165) is 0 Å². The summed E-state index contributed by atoms with van der Waals surface area (Å²) in [5.41, 5.74) is 1.40. The first kappa shape index (κ1) is 20.8. The van der Waals surface area contributed by atoms with E-state index in [1.165, 1.54) is 34.9 Å². The van der Waals surface area contributed by atoms with Crippen molar-refractivity contribution in [2.75, 3.05) is 6.54 Å². The summed E-state index contributed by atoms with van der Waals surface area (Å²) in [4.78, 5) is 23.7. The maximum Gasteiger partial charge on any atom is 0.335 e. The molecule has 0 aliphatic carbocycles. The van der Waals surface area contributed by atoms with Gasteiger partial charge in [-0.3, -0.25) is 9.36 Å². The van der Waals surface area contributed by atoms with E-state index in [0.29, 0.717) is 17.8 Å². The molecule has 0 saturated heterocycles. The molecule has 0 atom stereocenters. The van der Waals surface area contributed by atoms with Crippen molar-refractivity contribution >= 4 is 11.9 Å². The monoisotopic (exact) mass is 410 g/mol. The number of hydrogen-bond donors (Lipinski definition) is 4. The van der Waals surface area contributed by atoms with Crippen molar-refractivity contribution in [1.82, 2.24) is 20.1 Å². The van der Waals surface area contributed by atoms with Crippen LogP contribution in [-0.4, -0.2) is 48.5 Å². The average Bonchev–Trinajstić information content (AvgIpc) is 3.13. The fourth-order valence-electron chi connectivity index (χ4n) is 3.08. The normalized spacial score (nSPS) is 10.9. The topological polar surface area (TPSA) is 138 Å². The van der Waals surface area contributed by atoms with Gasteiger partial charge in [0.25, 0.3) is 5.91 Å². The van der Waals surface area contributed by atoms with E-state index in [4.69, 9.17) is 5.11 Å². The molecule has 9 heteroatoms. The summed E-state index contributed by atoms with van der Waals surface area (Å²) < 4.78 is 1.44. The van der Waals surface area contributed by atoms with Crippen LogP contribution < -0.4 is 5.32 Å². The molecule has 0 radical (unpaired) electrons. The molecule has 9 nitrogen and oxygen atoms in total. The summed E-state index contributed by atoms with van der Waals surface area (Å²) in [5.74, 6) is -1.69. The van der Waals surface area contributed by atoms with E-state index in [9.17, 15) is 19.8 Å². The Morgan fingerprint density at radius 2 is 1.73 bits per heavy atom. The molecule has 1 heterocycles. The molecule has 0 fully saturated rings. The van der Waals surface area contributed by atoms with Gasteiger partial charge in [0.1, 0.15) is 11.5 Å². The number of aromatic carboxylic acids is 1. The Balaban J connectivity index is 2.25. The highest BCUT2D eigenvalue weighted by atomic mass is 16.4. The van der Waals surface area contributed by atoms with Crippen LogP contribution in [0.25, 0.3) is 17.1 Å². The van der Waals surface area contributed by atoms with Crippen molar-refractivity contribution in [3.05, 3.63) is 53.3 Å². The summed E-state index contributed by atoms with van der Waals surface area (Å²) >= 11 is 0. The van der Waals surface area contributed by atoms with Crippen LogP contribution in [0.1, 0.15) is 53.2 Å². The van der Waals surface area contributed by atoms with Gasteiger partial charge in [-0.1, -0.05) is 13.8 Å². The van der Waals surface area contributed by atoms with Gasteiger partial charge in [-0.25, -0.2) is 4.79 Å². The van der Waals surface area contributed by atoms with E-state index in [1.54, 1.807) is 13.0 Å². The predicted octanol–water partition coefficient (Wildman–Crippen LogP) is 2.92. The largest absolute Gasteiger partial charge is 0.508 e. The fraction of sp³-hybridized carbons (Fsp3) is 0.238. The van der Waals surface area contributed by atoms with Crippen LogP contribution in [0.5, 0.6) is 11.5 Å². The summed E-state index contributed by atoms with van der Waals surface area (Å²) in [6.07, 6.45) is 0. The van der Waals surface area contributed by atoms with Gasteiger partial charge in [0.2, 0.25) is 5.82 Å². The molecule has 1 aromatic heterocycles. The van der Waals surface area contributed by atoms with Crippen LogP contribution in [0.4, 0.5) is 0 Å². The Kier molecular flexibility index (Phi) is 5.72. The number of aromatic hydroxyl groups is 2. The fourth-order valence-corrected chi connectivity index (χ4v) is 3.08. The van der Waals surface area contributed by atoms with Gasteiger partial charge in [0.05, 0.1) is 11.1 Å². The Hall–Kier alpha value is -3.88. The first-order chi connectivity index (χ1) is 14.2. The minimum absolute atomic E-state index is 0.0199. The highest BCUT2D eigenvalue weighted by Crippen LogP contribution is 2.38. The molecule has 0 spiro atoms. The van der Waals surface area contributed by atoms with Crippen LogP contribution in [0, 0.1) is 0 Å². The van der Waals surface area contributed by atoms with Crippen LogP contribution in [0.15, 0.2) is 36.4 Å². The molecule has 156 valence electrons. The van der Waals surface area contributed by atoms with Crippen molar-refractivity contribution in [1.29, 1.82) is 0 Å². The molecular formula is C21H22N4O5. The third-order valence-electron chi connectivity index (χ3n) is 4.58. The molecule has 0 bridgehead atoms. The van der Waals surface area contributed by atoms with Gasteiger partial charge in [-0.2, -0.15) is 0 Å². The molecule has 3 aromatic rings. The van der Waals surface area contributed by atoms with E-state index >= 15 is 0 Å². The van der Waals surface area contributed by atoms with Crippen molar-refractivity contribution in [3.63, 3.8) is 0 Å². The maximum absolute atomic E-state index is 12.5. The molecule has 30 heavy (non-hydrogen) atoms. The van der Waals surface area contributed by atoms with Crippen LogP contribution in [0.3, 0.4) is 0 Å². The number of carbonyl (C=O) groups excluding carboxylic acids is 1. The van der Waals surface area contributed by atoms with E-state index in [1.807, 2.05) is 13.8 Å². The number of carbonyl (C=O) groups is 2. The van der Waals surface area contributed by atoms with Crippen molar-refractivity contribution in [3.8, 4) is 28.6 Å². The lowest BCUT2D eigenvalue weighted by Crippen LogP contribution is -2.26. The Bertz CT molecular complexity index is 1100. The van der Waals surface area contributed by atoms with E-state index in [-0.39, 0.29) is 40.2 Å². The minimum atomic E-state index is -1.08. The number of hydrogen-bond acceptors (Lipinski definition) is 6. The predicted molar refractivity (Wildman–Crippen MR) is 109 cm³/mol. The summed E-state index contributed by atoms with van der Waals surface area (Å²) in [6, 6.07) is 8.68. The van der Waals surface area contributed by atoms with Crippen LogP contribution >= 0.6 is 0 Å².